The second-order valence-corrected chi connectivity index (χ2v) is 9.54. The van der Waals surface area contributed by atoms with Crippen molar-refractivity contribution in [1.82, 2.24) is 15.5 Å². The molecule has 1 aromatic rings. The van der Waals surface area contributed by atoms with Crippen LogP contribution in [0.5, 0.6) is 0 Å². The Balaban J connectivity index is 1.42. The van der Waals surface area contributed by atoms with Crippen LogP contribution in [0.3, 0.4) is 0 Å². The number of piperidine rings is 1. The molecule has 6 nitrogen and oxygen atoms in total. The Morgan fingerprint density at radius 3 is 2.74 bits per heavy atom. The summed E-state index contributed by atoms with van der Waals surface area (Å²) in [5.41, 5.74) is 2.92. The van der Waals surface area contributed by atoms with E-state index in [1.807, 2.05) is 6.07 Å². The highest BCUT2D eigenvalue weighted by molar-refractivity contribution is 6.05. The van der Waals surface area contributed by atoms with Crippen molar-refractivity contribution < 1.29 is 14.4 Å². The van der Waals surface area contributed by atoms with Crippen LogP contribution >= 0.6 is 0 Å². The van der Waals surface area contributed by atoms with Crippen LogP contribution in [-0.2, 0) is 22.6 Å². The van der Waals surface area contributed by atoms with Crippen LogP contribution in [0, 0.1) is 11.8 Å². The summed E-state index contributed by atoms with van der Waals surface area (Å²) in [5, 5.41) is 6.12. The van der Waals surface area contributed by atoms with E-state index in [4.69, 9.17) is 0 Å². The van der Waals surface area contributed by atoms with Crippen LogP contribution in [0.15, 0.2) is 30.4 Å². The third-order valence-electron chi connectivity index (χ3n) is 6.78. The molecular weight excluding hydrogens is 390 g/mol. The second-order valence-electron chi connectivity index (χ2n) is 9.54. The summed E-state index contributed by atoms with van der Waals surface area (Å²) >= 11 is 0. The van der Waals surface area contributed by atoms with Gasteiger partial charge in [-0.05, 0) is 67.7 Å². The fourth-order valence-electron chi connectivity index (χ4n) is 4.96. The molecule has 3 atom stereocenters. The summed E-state index contributed by atoms with van der Waals surface area (Å²) in [4.78, 5) is 38.2. The van der Waals surface area contributed by atoms with E-state index in [0.29, 0.717) is 36.4 Å². The highest BCUT2D eigenvalue weighted by Gasteiger charge is 2.39. The van der Waals surface area contributed by atoms with Crippen LogP contribution in [0.25, 0.3) is 0 Å². The zero-order valence-electron chi connectivity index (χ0n) is 18.5. The summed E-state index contributed by atoms with van der Waals surface area (Å²) in [6.07, 6.45) is 9.54. The number of carbonyl (C=O) groups excluding carboxylic acids is 3. The second kappa shape index (κ2) is 9.35. The monoisotopic (exact) mass is 423 g/mol. The van der Waals surface area contributed by atoms with Crippen molar-refractivity contribution in [3.63, 3.8) is 0 Å². The summed E-state index contributed by atoms with van der Waals surface area (Å²) in [6, 6.07) is 6.05. The lowest BCUT2D eigenvalue weighted by molar-refractivity contribution is -0.136. The molecule has 1 saturated heterocycles. The number of hydrogen-bond donors (Lipinski definition) is 2. The summed E-state index contributed by atoms with van der Waals surface area (Å²) < 4.78 is 0. The number of nitrogens with zero attached hydrogens (tertiary/aromatic N) is 1. The fraction of sp³-hybridized carbons (Fsp3) is 0.560. The van der Waals surface area contributed by atoms with Crippen molar-refractivity contribution in [2.45, 2.75) is 71.0 Å². The predicted octanol–water partition coefficient (Wildman–Crippen LogP) is 2.96. The SMILES string of the molecule is CC(C)CCN[C@H]1CC=CC[C@@H]1Cc1ccc2c(c1)CN(C1CCC(=O)NC1=O)C2=O. The molecule has 2 aliphatic heterocycles. The Bertz CT molecular complexity index is 892. The van der Waals surface area contributed by atoms with Gasteiger partial charge in [-0.25, -0.2) is 0 Å². The molecule has 0 spiro atoms. The van der Waals surface area contributed by atoms with Crippen molar-refractivity contribution in [2.24, 2.45) is 11.8 Å². The van der Waals surface area contributed by atoms with Crippen LogP contribution < -0.4 is 10.6 Å². The van der Waals surface area contributed by atoms with Gasteiger partial charge in [-0.2, -0.15) is 0 Å². The summed E-state index contributed by atoms with van der Waals surface area (Å²) in [5.74, 6) is 0.516. The number of allylic oxidation sites excluding steroid dienone is 1. The standard InChI is InChI=1S/C25H33N3O3/c1-16(2)11-12-26-21-6-4-3-5-18(21)13-17-7-8-20-19(14-17)15-28(25(20)31)22-9-10-23(29)27-24(22)30/h3-4,7-8,14,16,18,21-22,26H,5-6,9-13,15H2,1-2H3,(H,27,29,30)/t18-,21+,22?/m1/s1. The number of carbonyl (C=O) groups is 3. The Morgan fingerprint density at radius 1 is 1.16 bits per heavy atom. The fourth-order valence-corrected chi connectivity index (χ4v) is 4.96. The Morgan fingerprint density at radius 2 is 1.97 bits per heavy atom. The van der Waals surface area contributed by atoms with Crippen molar-refractivity contribution >= 4 is 17.7 Å². The van der Waals surface area contributed by atoms with E-state index in [1.165, 1.54) is 12.0 Å². The van der Waals surface area contributed by atoms with E-state index in [-0.39, 0.29) is 24.1 Å². The molecule has 1 fully saturated rings. The normalized spacial score (nSPS) is 25.8. The maximum atomic E-state index is 12.9. The van der Waals surface area contributed by atoms with Crippen molar-refractivity contribution in [2.75, 3.05) is 6.54 Å². The van der Waals surface area contributed by atoms with Crippen LogP contribution in [0.1, 0.15) is 67.4 Å². The summed E-state index contributed by atoms with van der Waals surface area (Å²) in [6.45, 7) is 5.99. The van der Waals surface area contributed by atoms with E-state index < -0.39 is 6.04 Å². The lowest BCUT2D eigenvalue weighted by Crippen LogP contribution is -2.52. The third kappa shape index (κ3) is 4.90. The molecule has 4 rings (SSSR count). The van der Waals surface area contributed by atoms with Crippen LogP contribution in [0.4, 0.5) is 0 Å². The molecule has 166 valence electrons. The van der Waals surface area contributed by atoms with Gasteiger partial charge in [0.1, 0.15) is 6.04 Å². The maximum Gasteiger partial charge on any atom is 0.255 e. The molecule has 3 amide bonds. The molecule has 31 heavy (non-hydrogen) atoms. The van der Waals surface area contributed by atoms with Gasteiger partial charge in [0.25, 0.3) is 5.91 Å². The van der Waals surface area contributed by atoms with Gasteiger partial charge in [0.15, 0.2) is 0 Å². The molecular formula is C25H33N3O3. The first-order valence-corrected chi connectivity index (χ1v) is 11.6. The van der Waals surface area contributed by atoms with E-state index in [2.05, 4.69) is 48.8 Å². The van der Waals surface area contributed by atoms with Gasteiger partial charge in [0, 0.05) is 24.6 Å². The van der Waals surface area contributed by atoms with E-state index in [1.54, 1.807) is 4.90 Å². The molecule has 0 radical (unpaired) electrons. The minimum atomic E-state index is -0.556. The first-order valence-electron chi connectivity index (χ1n) is 11.6. The lowest BCUT2D eigenvalue weighted by Gasteiger charge is -2.30. The number of imide groups is 1. The van der Waals surface area contributed by atoms with Crippen LogP contribution in [0.2, 0.25) is 0 Å². The first kappa shape index (κ1) is 21.8. The van der Waals surface area contributed by atoms with Gasteiger partial charge < -0.3 is 10.2 Å². The average molecular weight is 424 g/mol. The number of nitrogens with one attached hydrogen (secondary N) is 2. The van der Waals surface area contributed by atoms with Crippen molar-refractivity contribution in [3.8, 4) is 0 Å². The number of hydrogen-bond acceptors (Lipinski definition) is 4. The van der Waals surface area contributed by atoms with E-state index in [0.717, 1.165) is 31.4 Å². The predicted molar refractivity (Wildman–Crippen MR) is 119 cm³/mol. The quantitative estimate of drug-likeness (QED) is 0.522. The molecule has 1 unspecified atom stereocenters. The van der Waals surface area contributed by atoms with Gasteiger partial charge in [0.2, 0.25) is 11.8 Å². The van der Waals surface area contributed by atoms with Crippen molar-refractivity contribution in [1.29, 1.82) is 0 Å². The molecule has 3 aliphatic rings. The van der Waals surface area contributed by atoms with Gasteiger partial charge in [-0.1, -0.05) is 38.1 Å². The molecule has 0 aromatic heterocycles. The molecule has 2 N–H and O–H groups in total. The highest BCUT2D eigenvalue weighted by atomic mass is 16.2. The first-order chi connectivity index (χ1) is 14.9. The smallest absolute Gasteiger partial charge is 0.255 e. The molecule has 1 aliphatic carbocycles. The third-order valence-corrected chi connectivity index (χ3v) is 6.78. The van der Waals surface area contributed by atoms with Gasteiger partial charge in [-0.15, -0.1) is 0 Å². The van der Waals surface area contributed by atoms with Gasteiger partial charge in [-0.3, -0.25) is 19.7 Å². The minimum absolute atomic E-state index is 0.107. The van der Waals surface area contributed by atoms with Gasteiger partial charge in [0.05, 0.1) is 0 Å². The van der Waals surface area contributed by atoms with Crippen molar-refractivity contribution in [3.05, 3.63) is 47.0 Å². The molecule has 6 heteroatoms. The minimum Gasteiger partial charge on any atom is -0.322 e. The Kier molecular flexibility index (Phi) is 6.56. The number of fused-ring (bicyclic) bond motifs is 1. The molecule has 1 aromatic carbocycles. The zero-order chi connectivity index (χ0) is 22.0. The topological polar surface area (TPSA) is 78.5 Å². The number of benzene rings is 1. The largest absolute Gasteiger partial charge is 0.322 e. The zero-order valence-corrected chi connectivity index (χ0v) is 18.5. The van der Waals surface area contributed by atoms with E-state index >= 15 is 0 Å². The Hall–Kier alpha value is -2.47. The number of rotatable bonds is 7. The lowest BCUT2D eigenvalue weighted by atomic mass is 9.83. The van der Waals surface area contributed by atoms with E-state index in [9.17, 15) is 14.4 Å². The number of amides is 3. The van der Waals surface area contributed by atoms with Gasteiger partial charge >= 0.3 is 0 Å². The average Bonchev–Trinajstić information content (AvgIpc) is 3.05. The molecule has 2 heterocycles. The Labute approximate surface area is 184 Å². The molecule has 0 bridgehead atoms. The maximum absolute atomic E-state index is 12.9. The highest BCUT2D eigenvalue weighted by Crippen LogP contribution is 2.30. The molecule has 0 saturated carbocycles. The summed E-state index contributed by atoms with van der Waals surface area (Å²) in [7, 11) is 0. The van der Waals surface area contributed by atoms with Crippen LogP contribution in [-0.4, -0.2) is 41.2 Å².